The summed E-state index contributed by atoms with van der Waals surface area (Å²) in [5, 5.41) is 8.42. The van der Waals surface area contributed by atoms with Crippen LogP contribution in [0.4, 0.5) is 13.2 Å². The highest BCUT2D eigenvalue weighted by molar-refractivity contribution is 5.41. The van der Waals surface area contributed by atoms with Gasteiger partial charge in [0.25, 0.3) is 0 Å². The molecule has 0 heterocycles. The van der Waals surface area contributed by atoms with Crippen molar-refractivity contribution < 1.29 is 13.2 Å². The van der Waals surface area contributed by atoms with E-state index in [1.54, 1.807) is 12.5 Å². The first-order valence-corrected chi connectivity index (χ1v) is 8.46. The maximum Gasteiger partial charge on any atom is 0.417 e. The average Bonchev–Trinajstić information content (AvgIpc) is 3.09. The van der Waals surface area contributed by atoms with Crippen LogP contribution in [0.5, 0.6) is 0 Å². The third kappa shape index (κ3) is 5.09. The van der Waals surface area contributed by atoms with Crippen molar-refractivity contribution in [2.45, 2.75) is 51.6 Å². The normalized spacial score (nSPS) is 14.6. The Labute approximate surface area is 147 Å². The van der Waals surface area contributed by atoms with Crippen LogP contribution >= 0.6 is 0 Å². The fourth-order valence-corrected chi connectivity index (χ4v) is 3.27. The molecule has 0 aromatic heterocycles. The van der Waals surface area contributed by atoms with Gasteiger partial charge in [-0.1, -0.05) is 48.7 Å². The Morgan fingerprint density at radius 1 is 1.00 bits per heavy atom. The van der Waals surface area contributed by atoms with E-state index >= 15 is 0 Å². The molecule has 0 unspecified atom stereocenters. The van der Waals surface area contributed by atoms with Crippen molar-refractivity contribution in [2.24, 2.45) is 0 Å². The largest absolute Gasteiger partial charge is 0.417 e. The van der Waals surface area contributed by atoms with Crippen LogP contribution in [0.15, 0.2) is 42.5 Å². The number of aryl methyl sites for hydroxylation is 2. The number of hydrogen-bond acceptors (Lipinski definition) is 1. The van der Waals surface area contributed by atoms with Gasteiger partial charge >= 0.3 is 6.18 Å². The summed E-state index contributed by atoms with van der Waals surface area (Å²) in [6, 6.07) is 14.0. The fourth-order valence-electron chi connectivity index (χ4n) is 3.27. The molecule has 0 saturated heterocycles. The predicted molar refractivity (Wildman–Crippen MR) is 93.3 cm³/mol. The average molecular weight is 345 g/mol. The predicted octanol–water partition coefficient (Wildman–Crippen LogP) is 6.54. The molecule has 3 rings (SSSR count). The van der Waals surface area contributed by atoms with Crippen LogP contribution < -0.4 is 0 Å². The van der Waals surface area contributed by atoms with Crippen molar-refractivity contribution in [3.8, 4) is 6.07 Å². The van der Waals surface area contributed by atoms with Crippen molar-refractivity contribution in [3.05, 3.63) is 70.3 Å². The third-order valence-electron chi connectivity index (χ3n) is 4.58. The molecule has 0 atom stereocenters. The molecule has 2 aromatic carbocycles. The molecule has 1 aliphatic carbocycles. The van der Waals surface area contributed by atoms with Gasteiger partial charge < -0.3 is 0 Å². The van der Waals surface area contributed by atoms with E-state index in [1.165, 1.54) is 49.4 Å². The van der Waals surface area contributed by atoms with Gasteiger partial charge in [-0.05, 0) is 55.9 Å². The smallest absolute Gasteiger partial charge is 0.192 e. The van der Waals surface area contributed by atoms with Gasteiger partial charge in [0.05, 0.1) is 17.2 Å². The summed E-state index contributed by atoms with van der Waals surface area (Å²) in [6.07, 6.45) is 1.23. The SMILES string of the molecule is Cc1ccc(C#N)c(C(F)(F)F)c1.Cc1ccccc1C1CCCC1. The summed E-state index contributed by atoms with van der Waals surface area (Å²) in [5.74, 6) is 0.867. The highest BCUT2D eigenvalue weighted by atomic mass is 19.4. The van der Waals surface area contributed by atoms with Gasteiger partial charge in [0, 0.05) is 0 Å². The molecule has 2 aromatic rings. The molecule has 1 fully saturated rings. The second-order valence-corrected chi connectivity index (χ2v) is 6.50. The van der Waals surface area contributed by atoms with Crippen molar-refractivity contribution in [1.82, 2.24) is 0 Å². The van der Waals surface area contributed by atoms with Crippen molar-refractivity contribution in [3.63, 3.8) is 0 Å². The second kappa shape index (κ2) is 8.20. The van der Waals surface area contributed by atoms with Crippen molar-refractivity contribution >= 4 is 0 Å². The fraction of sp³-hybridized carbons (Fsp3) is 0.381. The molecule has 25 heavy (non-hydrogen) atoms. The summed E-state index contributed by atoms with van der Waals surface area (Å²) in [6.45, 7) is 3.78. The highest BCUT2D eigenvalue weighted by Crippen LogP contribution is 2.35. The quantitative estimate of drug-likeness (QED) is 0.576. The maximum absolute atomic E-state index is 12.3. The molecule has 0 N–H and O–H groups in total. The first kappa shape index (κ1) is 19.1. The van der Waals surface area contributed by atoms with Crippen LogP contribution in [0.1, 0.15) is 59.4 Å². The molecule has 1 nitrogen and oxygen atoms in total. The summed E-state index contributed by atoms with van der Waals surface area (Å²) in [5.41, 5.74) is 2.36. The minimum Gasteiger partial charge on any atom is -0.192 e. The van der Waals surface area contributed by atoms with Gasteiger partial charge in [0.1, 0.15) is 0 Å². The number of halogens is 3. The lowest BCUT2D eigenvalue weighted by Crippen LogP contribution is -2.07. The molecule has 0 radical (unpaired) electrons. The van der Waals surface area contributed by atoms with E-state index < -0.39 is 11.7 Å². The van der Waals surface area contributed by atoms with E-state index in [0.717, 1.165) is 12.0 Å². The van der Waals surface area contributed by atoms with Crippen LogP contribution in [-0.2, 0) is 6.18 Å². The van der Waals surface area contributed by atoms with Gasteiger partial charge in [0.2, 0.25) is 0 Å². The van der Waals surface area contributed by atoms with Gasteiger partial charge in [-0.15, -0.1) is 0 Å². The Morgan fingerprint density at radius 3 is 2.20 bits per heavy atom. The summed E-state index contributed by atoms with van der Waals surface area (Å²) in [7, 11) is 0. The van der Waals surface area contributed by atoms with E-state index in [1.807, 2.05) is 0 Å². The molecule has 1 saturated carbocycles. The highest BCUT2D eigenvalue weighted by Gasteiger charge is 2.33. The Bertz CT molecular complexity index is 750. The molecule has 132 valence electrons. The van der Waals surface area contributed by atoms with E-state index in [4.69, 9.17) is 5.26 Å². The molecule has 1 aliphatic rings. The minimum atomic E-state index is -4.45. The second-order valence-electron chi connectivity index (χ2n) is 6.50. The zero-order chi connectivity index (χ0) is 18.4. The molecular formula is C21H22F3N. The number of benzene rings is 2. The van der Waals surface area contributed by atoms with Crippen molar-refractivity contribution in [1.29, 1.82) is 5.26 Å². The molecule has 0 bridgehead atoms. The topological polar surface area (TPSA) is 23.8 Å². The van der Waals surface area contributed by atoms with E-state index in [-0.39, 0.29) is 5.56 Å². The first-order chi connectivity index (χ1) is 11.8. The number of hydrogen-bond donors (Lipinski definition) is 0. The Hall–Kier alpha value is -2.28. The lowest BCUT2D eigenvalue weighted by Gasteiger charge is -2.11. The van der Waals surface area contributed by atoms with Crippen LogP contribution in [0.25, 0.3) is 0 Å². The Kier molecular flexibility index (Phi) is 6.25. The number of alkyl halides is 3. The Morgan fingerprint density at radius 2 is 1.64 bits per heavy atom. The van der Waals surface area contributed by atoms with Gasteiger partial charge in [-0.2, -0.15) is 18.4 Å². The van der Waals surface area contributed by atoms with Crippen LogP contribution in [-0.4, -0.2) is 0 Å². The first-order valence-electron chi connectivity index (χ1n) is 8.46. The molecule has 0 aliphatic heterocycles. The van der Waals surface area contributed by atoms with Crippen LogP contribution in [0.3, 0.4) is 0 Å². The summed E-state index contributed by atoms with van der Waals surface area (Å²) < 4.78 is 36.8. The maximum atomic E-state index is 12.3. The monoisotopic (exact) mass is 345 g/mol. The standard InChI is InChI=1S/C12H16.C9H6F3N/c1-10-6-2-5-9-12(10)11-7-3-4-8-11;1-6-2-3-7(5-13)8(4-6)9(10,11)12/h2,5-6,9,11H,3-4,7-8H2,1H3;2-4H,1H3. The summed E-state index contributed by atoms with van der Waals surface area (Å²) in [4.78, 5) is 0. The van der Waals surface area contributed by atoms with Gasteiger partial charge in [-0.25, -0.2) is 0 Å². The van der Waals surface area contributed by atoms with E-state index in [0.29, 0.717) is 5.56 Å². The van der Waals surface area contributed by atoms with Gasteiger partial charge in [0.15, 0.2) is 0 Å². The summed E-state index contributed by atoms with van der Waals surface area (Å²) >= 11 is 0. The van der Waals surface area contributed by atoms with E-state index in [9.17, 15) is 13.2 Å². The number of nitrogens with zero attached hydrogens (tertiary/aromatic N) is 1. The van der Waals surface area contributed by atoms with E-state index in [2.05, 4.69) is 31.2 Å². The Balaban J connectivity index is 0.000000181. The number of rotatable bonds is 1. The lowest BCUT2D eigenvalue weighted by molar-refractivity contribution is -0.137. The zero-order valence-corrected chi connectivity index (χ0v) is 14.5. The number of nitriles is 1. The van der Waals surface area contributed by atoms with Crippen LogP contribution in [0.2, 0.25) is 0 Å². The zero-order valence-electron chi connectivity index (χ0n) is 14.5. The van der Waals surface area contributed by atoms with Crippen molar-refractivity contribution in [2.75, 3.05) is 0 Å². The molecule has 4 heteroatoms. The third-order valence-corrected chi connectivity index (χ3v) is 4.58. The van der Waals surface area contributed by atoms with Crippen LogP contribution in [0, 0.1) is 25.2 Å². The molecule has 0 spiro atoms. The molecule has 0 amide bonds. The minimum absolute atomic E-state index is 0.335. The molecular weight excluding hydrogens is 323 g/mol. The lowest BCUT2D eigenvalue weighted by atomic mass is 9.94. The van der Waals surface area contributed by atoms with Gasteiger partial charge in [-0.3, -0.25) is 0 Å².